The molecule has 16 heavy (non-hydrogen) atoms. The van der Waals surface area contributed by atoms with Gasteiger partial charge in [0.25, 0.3) is 0 Å². The molecular weight excluding hydrogens is 196 g/mol. The first kappa shape index (κ1) is 14.0. The molecule has 1 fully saturated rings. The summed E-state index contributed by atoms with van der Waals surface area (Å²) in [6.07, 6.45) is 3.82. The van der Waals surface area contributed by atoms with Crippen molar-refractivity contribution in [1.82, 2.24) is 10.2 Å². The van der Waals surface area contributed by atoms with Gasteiger partial charge in [0.15, 0.2) is 0 Å². The predicted octanol–water partition coefficient (Wildman–Crippen LogP) is 2.89. The SMILES string of the molecule is CN1CCC(NC(C)(C)CC(C)(C)C)CC1. The second-order valence-corrected chi connectivity index (χ2v) is 7.34. The van der Waals surface area contributed by atoms with Crippen LogP contribution in [0.2, 0.25) is 0 Å². The van der Waals surface area contributed by atoms with Crippen molar-refractivity contribution < 1.29 is 0 Å². The van der Waals surface area contributed by atoms with Crippen molar-refractivity contribution in [3.05, 3.63) is 0 Å². The third-order valence-electron chi connectivity index (χ3n) is 3.29. The van der Waals surface area contributed by atoms with Gasteiger partial charge in [-0.2, -0.15) is 0 Å². The summed E-state index contributed by atoms with van der Waals surface area (Å²) in [4.78, 5) is 2.43. The van der Waals surface area contributed by atoms with Gasteiger partial charge in [0.05, 0.1) is 0 Å². The third kappa shape index (κ3) is 5.31. The maximum atomic E-state index is 3.85. The van der Waals surface area contributed by atoms with E-state index in [4.69, 9.17) is 0 Å². The monoisotopic (exact) mass is 226 g/mol. The number of likely N-dealkylation sites (tertiary alicyclic amines) is 1. The van der Waals surface area contributed by atoms with Crippen molar-refractivity contribution in [1.29, 1.82) is 0 Å². The predicted molar refractivity (Wildman–Crippen MR) is 71.8 cm³/mol. The fourth-order valence-electron chi connectivity index (χ4n) is 3.08. The molecule has 0 aromatic rings. The van der Waals surface area contributed by atoms with Gasteiger partial charge in [-0.05, 0) is 58.7 Å². The van der Waals surface area contributed by atoms with E-state index in [1.807, 2.05) is 0 Å². The molecule has 0 bridgehead atoms. The molecule has 0 spiro atoms. The number of rotatable bonds is 3. The fraction of sp³-hybridized carbons (Fsp3) is 1.00. The molecule has 0 radical (unpaired) electrons. The third-order valence-corrected chi connectivity index (χ3v) is 3.29. The van der Waals surface area contributed by atoms with Gasteiger partial charge in [-0.3, -0.25) is 0 Å². The van der Waals surface area contributed by atoms with Crippen molar-refractivity contribution in [3.8, 4) is 0 Å². The van der Waals surface area contributed by atoms with Crippen LogP contribution in [-0.2, 0) is 0 Å². The van der Waals surface area contributed by atoms with Crippen molar-refractivity contribution >= 4 is 0 Å². The lowest BCUT2D eigenvalue weighted by atomic mass is 9.81. The molecule has 1 rings (SSSR count). The summed E-state index contributed by atoms with van der Waals surface area (Å²) in [6.45, 7) is 14.1. The molecule has 0 aromatic carbocycles. The number of hydrogen-bond acceptors (Lipinski definition) is 2. The van der Waals surface area contributed by atoms with E-state index in [1.54, 1.807) is 0 Å². The summed E-state index contributed by atoms with van der Waals surface area (Å²) in [7, 11) is 2.22. The number of hydrogen-bond donors (Lipinski definition) is 1. The molecule has 0 saturated carbocycles. The largest absolute Gasteiger partial charge is 0.309 e. The van der Waals surface area contributed by atoms with E-state index in [9.17, 15) is 0 Å². The van der Waals surface area contributed by atoms with Crippen LogP contribution < -0.4 is 5.32 Å². The Morgan fingerprint density at radius 2 is 1.56 bits per heavy atom. The van der Waals surface area contributed by atoms with E-state index < -0.39 is 0 Å². The van der Waals surface area contributed by atoms with Crippen molar-refractivity contribution in [2.45, 2.75) is 65.5 Å². The Bertz CT molecular complexity index is 207. The van der Waals surface area contributed by atoms with E-state index in [0.717, 1.165) is 0 Å². The number of nitrogens with one attached hydrogen (secondary N) is 1. The Hall–Kier alpha value is -0.0800. The minimum Gasteiger partial charge on any atom is -0.309 e. The van der Waals surface area contributed by atoms with Crippen LogP contribution in [0.1, 0.15) is 53.9 Å². The molecule has 0 amide bonds. The van der Waals surface area contributed by atoms with Gasteiger partial charge >= 0.3 is 0 Å². The van der Waals surface area contributed by atoms with E-state index in [0.29, 0.717) is 11.5 Å². The van der Waals surface area contributed by atoms with Crippen molar-refractivity contribution in [2.24, 2.45) is 5.41 Å². The van der Waals surface area contributed by atoms with Gasteiger partial charge in [0, 0.05) is 11.6 Å². The molecule has 1 N–H and O–H groups in total. The molecule has 0 aromatic heterocycles. The first-order chi connectivity index (χ1) is 7.18. The van der Waals surface area contributed by atoms with Crippen LogP contribution in [0.4, 0.5) is 0 Å². The van der Waals surface area contributed by atoms with E-state index in [1.165, 1.54) is 32.4 Å². The Labute approximate surface area is 102 Å². The van der Waals surface area contributed by atoms with Gasteiger partial charge in [0.2, 0.25) is 0 Å². The average molecular weight is 226 g/mol. The number of nitrogens with zero attached hydrogens (tertiary/aromatic N) is 1. The molecule has 96 valence electrons. The molecule has 1 aliphatic rings. The van der Waals surface area contributed by atoms with Crippen LogP contribution in [0.3, 0.4) is 0 Å². The molecule has 1 saturated heterocycles. The average Bonchev–Trinajstić information content (AvgIpc) is 2.04. The summed E-state index contributed by atoms with van der Waals surface area (Å²) in [5.41, 5.74) is 0.667. The molecule has 1 heterocycles. The number of piperidine rings is 1. The highest BCUT2D eigenvalue weighted by atomic mass is 15.1. The zero-order valence-corrected chi connectivity index (χ0v) is 12.1. The van der Waals surface area contributed by atoms with Crippen LogP contribution in [-0.4, -0.2) is 36.6 Å². The maximum Gasteiger partial charge on any atom is 0.0132 e. The van der Waals surface area contributed by atoms with Crippen LogP contribution in [0.15, 0.2) is 0 Å². The summed E-state index contributed by atoms with van der Waals surface area (Å²) >= 11 is 0. The molecule has 0 unspecified atom stereocenters. The topological polar surface area (TPSA) is 15.3 Å². The van der Waals surface area contributed by atoms with Crippen LogP contribution in [0, 0.1) is 5.41 Å². The Morgan fingerprint density at radius 3 is 2.00 bits per heavy atom. The zero-order chi connectivity index (χ0) is 12.4. The minimum atomic E-state index is 0.263. The summed E-state index contributed by atoms with van der Waals surface area (Å²) in [5.74, 6) is 0. The standard InChI is InChI=1S/C14H30N2/c1-13(2,3)11-14(4,5)15-12-7-9-16(6)10-8-12/h12,15H,7-11H2,1-6H3. The van der Waals surface area contributed by atoms with Gasteiger partial charge in [-0.15, -0.1) is 0 Å². The lowest BCUT2D eigenvalue weighted by Gasteiger charge is -2.39. The van der Waals surface area contributed by atoms with Crippen molar-refractivity contribution in [3.63, 3.8) is 0 Å². The Kier molecular flexibility index (Phi) is 4.42. The second-order valence-electron chi connectivity index (χ2n) is 7.34. The molecule has 0 atom stereocenters. The van der Waals surface area contributed by atoms with E-state index in [2.05, 4.69) is 51.9 Å². The highest BCUT2D eigenvalue weighted by Crippen LogP contribution is 2.28. The second kappa shape index (κ2) is 5.05. The van der Waals surface area contributed by atoms with Gasteiger partial charge < -0.3 is 10.2 Å². The van der Waals surface area contributed by atoms with Gasteiger partial charge in [0.1, 0.15) is 0 Å². The molecular formula is C14H30N2. The van der Waals surface area contributed by atoms with Crippen molar-refractivity contribution in [2.75, 3.05) is 20.1 Å². The highest BCUT2D eigenvalue weighted by Gasteiger charge is 2.28. The minimum absolute atomic E-state index is 0.263. The normalized spacial score (nSPS) is 21.4. The molecule has 2 nitrogen and oxygen atoms in total. The van der Waals surface area contributed by atoms with E-state index in [-0.39, 0.29) is 5.54 Å². The zero-order valence-electron chi connectivity index (χ0n) is 12.1. The fourth-order valence-corrected chi connectivity index (χ4v) is 3.08. The first-order valence-corrected chi connectivity index (χ1v) is 6.64. The molecule has 2 heteroatoms. The summed E-state index contributed by atoms with van der Waals surface area (Å²) in [6, 6.07) is 0.716. The molecule has 1 aliphatic heterocycles. The quantitative estimate of drug-likeness (QED) is 0.796. The van der Waals surface area contributed by atoms with Crippen LogP contribution >= 0.6 is 0 Å². The van der Waals surface area contributed by atoms with Gasteiger partial charge in [-0.25, -0.2) is 0 Å². The lowest BCUT2D eigenvalue weighted by Crippen LogP contribution is -2.51. The van der Waals surface area contributed by atoms with Crippen LogP contribution in [0.5, 0.6) is 0 Å². The summed E-state index contributed by atoms with van der Waals surface area (Å²) < 4.78 is 0. The lowest BCUT2D eigenvalue weighted by molar-refractivity contribution is 0.174. The van der Waals surface area contributed by atoms with E-state index >= 15 is 0 Å². The Balaban J connectivity index is 2.40. The summed E-state index contributed by atoms with van der Waals surface area (Å²) in [5, 5.41) is 3.85. The van der Waals surface area contributed by atoms with Gasteiger partial charge in [-0.1, -0.05) is 20.8 Å². The highest BCUT2D eigenvalue weighted by molar-refractivity contribution is 4.88. The first-order valence-electron chi connectivity index (χ1n) is 6.64. The Morgan fingerprint density at radius 1 is 1.06 bits per heavy atom. The van der Waals surface area contributed by atoms with Crippen LogP contribution in [0.25, 0.3) is 0 Å². The smallest absolute Gasteiger partial charge is 0.0132 e. The molecule has 0 aliphatic carbocycles. The maximum absolute atomic E-state index is 3.85.